The molecule has 3 rings (SSSR count). The smallest absolute Gasteiger partial charge is 0.119 e. The molecule has 1 fully saturated rings. The molecule has 2 aromatic rings. The molecule has 0 unspecified atom stereocenters. The number of rotatable bonds is 6. The first-order valence-electron chi connectivity index (χ1n) is 11.2. The standard InChI is InChI=1S/C22H28O2.2C2H6/c1-3-9-19(10-4-1)17-24-22-15-7-11-20(12-8-16-22)18-23-21-13-5-2-6-14-21;2*1-2/h1-6,9-10,13-14,20,22H,7-8,11-12,15-18H2;2*1-2H3. The second-order valence-electron chi connectivity index (χ2n) is 6.77. The van der Waals surface area contributed by atoms with Crippen molar-refractivity contribution in [3.05, 3.63) is 66.2 Å². The van der Waals surface area contributed by atoms with Crippen LogP contribution in [0.5, 0.6) is 5.75 Å². The normalized spacial score (nSPS) is 19.0. The number of benzene rings is 2. The van der Waals surface area contributed by atoms with Gasteiger partial charge in [-0.05, 0) is 49.3 Å². The molecule has 0 atom stereocenters. The average Bonchev–Trinajstić information content (AvgIpc) is 2.77. The predicted octanol–water partition coefficient (Wildman–Crippen LogP) is 7.67. The van der Waals surface area contributed by atoms with E-state index in [4.69, 9.17) is 9.47 Å². The zero-order valence-corrected chi connectivity index (χ0v) is 18.4. The molecule has 2 nitrogen and oxygen atoms in total. The van der Waals surface area contributed by atoms with Crippen molar-refractivity contribution in [2.45, 2.75) is 78.9 Å². The number of ether oxygens (including phenoxy) is 2. The van der Waals surface area contributed by atoms with Crippen LogP contribution in [0.15, 0.2) is 60.7 Å². The summed E-state index contributed by atoms with van der Waals surface area (Å²) in [6.07, 6.45) is 7.74. The maximum Gasteiger partial charge on any atom is 0.119 e. The molecule has 0 heterocycles. The Morgan fingerprint density at radius 1 is 0.714 bits per heavy atom. The molecule has 1 aliphatic carbocycles. The molecule has 0 amide bonds. The summed E-state index contributed by atoms with van der Waals surface area (Å²) in [5, 5.41) is 0. The lowest BCUT2D eigenvalue weighted by molar-refractivity contribution is 0.0194. The molecule has 0 aromatic heterocycles. The van der Waals surface area contributed by atoms with E-state index in [-0.39, 0.29) is 0 Å². The first kappa shape index (κ1) is 24.2. The van der Waals surface area contributed by atoms with Crippen LogP contribution in [0.25, 0.3) is 0 Å². The van der Waals surface area contributed by atoms with Gasteiger partial charge >= 0.3 is 0 Å². The van der Waals surface area contributed by atoms with E-state index in [0.717, 1.165) is 19.0 Å². The Bertz CT molecular complexity index is 506. The van der Waals surface area contributed by atoms with Crippen LogP contribution in [0.3, 0.4) is 0 Å². The van der Waals surface area contributed by atoms with Crippen molar-refractivity contribution in [3.8, 4) is 5.75 Å². The Hall–Kier alpha value is -1.80. The number of para-hydroxylation sites is 1. The van der Waals surface area contributed by atoms with E-state index in [1.54, 1.807) is 0 Å². The molecule has 156 valence electrons. The van der Waals surface area contributed by atoms with Gasteiger partial charge in [0, 0.05) is 0 Å². The van der Waals surface area contributed by atoms with Gasteiger partial charge in [0.2, 0.25) is 0 Å². The third kappa shape index (κ3) is 9.94. The summed E-state index contributed by atoms with van der Waals surface area (Å²) < 4.78 is 12.1. The monoisotopic (exact) mass is 384 g/mol. The lowest BCUT2D eigenvalue weighted by atomic mass is 9.90. The fraction of sp³-hybridized carbons (Fsp3) is 0.538. The van der Waals surface area contributed by atoms with Crippen LogP contribution >= 0.6 is 0 Å². The Labute approximate surface area is 173 Å². The maximum absolute atomic E-state index is 6.14. The highest BCUT2D eigenvalue weighted by Gasteiger charge is 2.18. The van der Waals surface area contributed by atoms with Gasteiger partial charge in [-0.2, -0.15) is 0 Å². The van der Waals surface area contributed by atoms with Crippen molar-refractivity contribution < 1.29 is 9.47 Å². The minimum atomic E-state index is 0.418. The minimum absolute atomic E-state index is 0.418. The predicted molar refractivity (Wildman–Crippen MR) is 121 cm³/mol. The van der Waals surface area contributed by atoms with E-state index in [1.807, 2.05) is 58.0 Å². The van der Waals surface area contributed by atoms with Crippen molar-refractivity contribution >= 4 is 0 Å². The Kier molecular flexibility index (Phi) is 14.0. The zero-order chi connectivity index (χ0) is 20.5. The van der Waals surface area contributed by atoms with E-state index < -0.39 is 0 Å². The first-order valence-corrected chi connectivity index (χ1v) is 11.2. The molecular weight excluding hydrogens is 344 g/mol. The molecule has 0 radical (unpaired) electrons. The van der Waals surface area contributed by atoms with E-state index in [1.165, 1.54) is 44.1 Å². The molecule has 1 aliphatic rings. The van der Waals surface area contributed by atoms with Gasteiger partial charge in [0.25, 0.3) is 0 Å². The Morgan fingerprint density at radius 3 is 1.82 bits per heavy atom. The van der Waals surface area contributed by atoms with Gasteiger partial charge in [-0.25, -0.2) is 0 Å². The second-order valence-corrected chi connectivity index (χ2v) is 6.77. The van der Waals surface area contributed by atoms with Crippen LogP contribution in [-0.2, 0) is 11.3 Å². The summed E-state index contributed by atoms with van der Waals surface area (Å²) in [5.41, 5.74) is 1.27. The molecule has 0 N–H and O–H groups in total. The molecule has 0 spiro atoms. The molecule has 0 bridgehead atoms. The van der Waals surface area contributed by atoms with Crippen LogP contribution in [0, 0.1) is 5.92 Å². The van der Waals surface area contributed by atoms with Crippen LogP contribution in [0.4, 0.5) is 0 Å². The lowest BCUT2D eigenvalue weighted by Gasteiger charge is -2.25. The molecule has 0 saturated heterocycles. The number of hydrogen-bond acceptors (Lipinski definition) is 2. The molecule has 2 aromatic carbocycles. The van der Waals surface area contributed by atoms with Crippen LogP contribution in [0.1, 0.15) is 71.8 Å². The molecule has 2 heteroatoms. The van der Waals surface area contributed by atoms with Crippen molar-refractivity contribution in [2.75, 3.05) is 6.61 Å². The topological polar surface area (TPSA) is 18.5 Å². The SMILES string of the molecule is CC.CC.c1ccc(COC2CCCC(COc3ccccc3)CCC2)cc1. The summed E-state index contributed by atoms with van der Waals surface area (Å²) in [6.45, 7) is 9.59. The van der Waals surface area contributed by atoms with E-state index in [9.17, 15) is 0 Å². The first-order chi connectivity index (χ1) is 13.9. The fourth-order valence-corrected chi connectivity index (χ4v) is 3.41. The molecule has 1 saturated carbocycles. The third-order valence-electron chi connectivity index (χ3n) is 4.83. The van der Waals surface area contributed by atoms with Crippen molar-refractivity contribution in [3.63, 3.8) is 0 Å². The summed E-state index contributed by atoms with van der Waals surface area (Å²) in [7, 11) is 0. The average molecular weight is 385 g/mol. The molecule has 28 heavy (non-hydrogen) atoms. The van der Waals surface area contributed by atoms with Gasteiger partial charge in [-0.15, -0.1) is 0 Å². The van der Waals surface area contributed by atoms with Crippen molar-refractivity contribution in [2.24, 2.45) is 5.92 Å². The second kappa shape index (κ2) is 16.2. The summed E-state index contributed by atoms with van der Waals surface area (Å²) in [4.78, 5) is 0. The summed E-state index contributed by atoms with van der Waals surface area (Å²) >= 11 is 0. The highest BCUT2D eigenvalue weighted by Crippen LogP contribution is 2.25. The quantitative estimate of drug-likeness (QED) is 0.508. The van der Waals surface area contributed by atoms with Gasteiger partial charge in [-0.3, -0.25) is 0 Å². The maximum atomic E-state index is 6.14. The minimum Gasteiger partial charge on any atom is -0.493 e. The molecule has 0 aliphatic heterocycles. The van der Waals surface area contributed by atoms with Crippen LogP contribution in [-0.4, -0.2) is 12.7 Å². The summed E-state index contributed by atoms with van der Waals surface area (Å²) in [5.74, 6) is 1.67. The lowest BCUT2D eigenvalue weighted by Crippen LogP contribution is -2.20. The Balaban J connectivity index is 0.000000921. The number of hydrogen-bond donors (Lipinski definition) is 0. The van der Waals surface area contributed by atoms with Crippen molar-refractivity contribution in [1.29, 1.82) is 0 Å². The zero-order valence-electron chi connectivity index (χ0n) is 18.4. The van der Waals surface area contributed by atoms with E-state index in [2.05, 4.69) is 30.3 Å². The largest absolute Gasteiger partial charge is 0.493 e. The van der Waals surface area contributed by atoms with Crippen molar-refractivity contribution in [1.82, 2.24) is 0 Å². The van der Waals surface area contributed by atoms with Gasteiger partial charge in [0.05, 0.1) is 19.3 Å². The van der Waals surface area contributed by atoms with E-state index in [0.29, 0.717) is 12.0 Å². The fourth-order valence-electron chi connectivity index (χ4n) is 3.41. The highest BCUT2D eigenvalue weighted by atomic mass is 16.5. The van der Waals surface area contributed by atoms with E-state index >= 15 is 0 Å². The van der Waals surface area contributed by atoms with Gasteiger partial charge in [-0.1, -0.05) is 89.1 Å². The van der Waals surface area contributed by atoms with Gasteiger partial charge < -0.3 is 9.47 Å². The van der Waals surface area contributed by atoms with Crippen LogP contribution < -0.4 is 4.74 Å². The third-order valence-corrected chi connectivity index (χ3v) is 4.83. The van der Waals surface area contributed by atoms with Crippen LogP contribution in [0.2, 0.25) is 0 Å². The summed E-state index contributed by atoms with van der Waals surface area (Å²) in [6, 6.07) is 20.6. The van der Waals surface area contributed by atoms with Gasteiger partial charge in [0.15, 0.2) is 0 Å². The Morgan fingerprint density at radius 2 is 1.25 bits per heavy atom. The molecular formula is C26H40O2. The van der Waals surface area contributed by atoms with Gasteiger partial charge in [0.1, 0.15) is 5.75 Å². The highest BCUT2D eigenvalue weighted by molar-refractivity contribution is 5.20.